The number of nitrogens with zero attached hydrogens (tertiary/aromatic N) is 1. The lowest BCUT2D eigenvalue weighted by Gasteiger charge is -2.38. The molecule has 31 heavy (non-hydrogen) atoms. The molecule has 2 aliphatic heterocycles. The predicted molar refractivity (Wildman–Crippen MR) is 118 cm³/mol. The summed E-state index contributed by atoms with van der Waals surface area (Å²) in [7, 11) is 3.27. The minimum absolute atomic E-state index is 0.0481. The van der Waals surface area contributed by atoms with Crippen LogP contribution in [-0.4, -0.2) is 50.9 Å². The Hall–Kier alpha value is -2.73. The summed E-state index contributed by atoms with van der Waals surface area (Å²) in [5.74, 6) is 2.22. The molecular formula is C25H31NO5. The molecule has 0 aliphatic carbocycles. The van der Waals surface area contributed by atoms with Crippen LogP contribution in [-0.2, 0) is 16.0 Å². The first-order valence-electron chi connectivity index (χ1n) is 10.9. The van der Waals surface area contributed by atoms with Gasteiger partial charge >= 0.3 is 0 Å². The van der Waals surface area contributed by atoms with Crippen molar-refractivity contribution in [3.8, 4) is 17.2 Å². The van der Waals surface area contributed by atoms with Crippen molar-refractivity contribution >= 4 is 5.91 Å². The van der Waals surface area contributed by atoms with Gasteiger partial charge in [-0.25, -0.2) is 0 Å². The zero-order valence-corrected chi connectivity index (χ0v) is 18.8. The van der Waals surface area contributed by atoms with Gasteiger partial charge in [-0.3, -0.25) is 4.79 Å². The molecule has 0 radical (unpaired) electrons. The number of hydrogen-bond donors (Lipinski definition) is 0. The predicted octanol–water partition coefficient (Wildman–Crippen LogP) is 4.00. The van der Waals surface area contributed by atoms with Gasteiger partial charge in [0.1, 0.15) is 18.5 Å². The molecule has 1 fully saturated rings. The van der Waals surface area contributed by atoms with Crippen LogP contribution in [0.1, 0.15) is 41.1 Å². The van der Waals surface area contributed by atoms with E-state index in [2.05, 4.69) is 19.9 Å². The van der Waals surface area contributed by atoms with Gasteiger partial charge in [-0.2, -0.15) is 0 Å². The van der Waals surface area contributed by atoms with Crippen LogP contribution in [0, 0.1) is 13.8 Å². The van der Waals surface area contributed by atoms with Gasteiger partial charge in [0.25, 0.3) is 5.91 Å². The van der Waals surface area contributed by atoms with Gasteiger partial charge in [-0.15, -0.1) is 0 Å². The van der Waals surface area contributed by atoms with Crippen LogP contribution >= 0.6 is 0 Å². The summed E-state index contributed by atoms with van der Waals surface area (Å²) in [6.45, 7) is 5.75. The Morgan fingerprint density at radius 2 is 1.77 bits per heavy atom. The van der Waals surface area contributed by atoms with Crippen LogP contribution in [0.15, 0.2) is 30.3 Å². The standard InChI is InChI=1S/C25H31NO5/c1-16-10-17(2)12-19(11-16)31-15-21-20-14-24(29-4)23(28-3)13-18(20)7-8-26(21)25(27)22-6-5-9-30-22/h10-14,21-22H,5-9,15H2,1-4H3. The molecule has 2 unspecified atom stereocenters. The summed E-state index contributed by atoms with van der Waals surface area (Å²) in [6, 6.07) is 9.95. The zero-order valence-electron chi connectivity index (χ0n) is 18.8. The van der Waals surface area contributed by atoms with E-state index in [1.807, 2.05) is 29.2 Å². The highest BCUT2D eigenvalue weighted by molar-refractivity contribution is 5.82. The molecule has 1 amide bonds. The molecule has 2 aliphatic rings. The number of fused-ring (bicyclic) bond motifs is 1. The third-order valence-corrected chi connectivity index (χ3v) is 6.09. The molecule has 2 aromatic rings. The molecular weight excluding hydrogens is 394 g/mol. The van der Waals surface area contributed by atoms with Crippen molar-refractivity contribution < 1.29 is 23.7 Å². The van der Waals surface area contributed by atoms with E-state index < -0.39 is 0 Å². The molecule has 0 N–H and O–H groups in total. The minimum atomic E-state index is -0.356. The van der Waals surface area contributed by atoms with Crippen molar-refractivity contribution in [3.63, 3.8) is 0 Å². The number of rotatable bonds is 6. The maximum Gasteiger partial charge on any atom is 0.252 e. The highest BCUT2D eigenvalue weighted by atomic mass is 16.5. The van der Waals surface area contributed by atoms with Gasteiger partial charge in [0, 0.05) is 13.2 Å². The highest BCUT2D eigenvalue weighted by Gasteiger charge is 2.37. The van der Waals surface area contributed by atoms with E-state index in [9.17, 15) is 4.79 Å². The highest BCUT2D eigenvalue weighted by Crippen LogP contribution is 2.39. The second-order valence-electron chi connectivity index (χ2n) is 8.34. The molecule has 6 heteroatoms. The maximum absolute atomic E-state index is 13.3. The third-order valence-electron chi connectivity index (χ3n) is 6.09. The minimum Gasteiger partial charge on any atom is -0.493 e. The Balaban J connectivity index is 1.67. The second-order valence-corrected chi connectivity index (χ2v) is 8.34. The number of carbonyl (C=O) groups is 1. The van der Waals surface area contributed by atoms with Crippen molar-refractivity contribution in [2.75, 3.05) is 34.0 Å². The molecule has 166 valence electrons. The van der Waals surface area contributed by atoms with E-state index in [1.165, 1.54) is 0 Å². The Bertz CT molecular complexity index is 931. The maximum atomic E-state index is 13.3. The molecule has 2 atom stereocenters. The van der Waals surface area contributed by atoms with Crippen LogP contribution in [0.5, 0.6) is 17.2 Å². The van der Waals surface area contributed by atoms with Crippen molar-refractivity contribution in [1.29, 1.82) is 0 Å². The summed E-state index contributed by atoms with van der Waals surface area (Å²) in [5.41, 5.74) is 4.50. The van der Waals surface area contributed by atoms with Crippen LogP contribution in [0.4, 0.5) is 0 Å². The van der Waals surface area contributed by atoms with Gasteiger partial charge in [-0.1, -0.05) is 6.07 Å². The lowest BCUT2D eigenvalue weighted by atomic mass is 9.91. The van der Waals surface area contributed by atoms with E-state index in [4.69, 9.17) is 18.9 Å². The molecule has 2 heterocycles. The van der Waals surface area contributed by atoms with Gasteiger partial charge in [0.2, 0.25) is 0 Å². The van der Waals surface area contributed by atoms with Crippen molar-refractivity contribution in [2.45, 2.75) is 45.3 Å². The SMILES string of the molecule is COc1cc2c(cc1OC)C(COc1cc(C)cc(C)c1)N(C(=O)C1CCCO1)CC2. The first-order valence-corrected chi connectivity index (χ1v) is 10.9. The lowest BCUT2D eigenvalue weighted by molar-refractivity contribution is -0.144. The van der Waals surface area contributed by atoms with E-state index in [1.54, 1.807) is 14.2 Å². The average molecular weight is 426 g/mol. The van der Waals surface area contributed by atoms with Gasteiger partial charge < -0.3 is 23.8 Å². The molecule has 1 saturated heterocycles. The Kier molecular flexibility index (Phi) is 6.37. The topological polar surface area (TPSA) is 57.2 Å². The van der Waals surface area contributed by atoms with Crippen molar-refractivity contribution in [1.82, 2.24) is 4.90 Å². The van der Waals surface area contributed by atoms with Gasteiger partial charge in [-0.05, 0) is 79.6 Å². The normalized spacial score (nSPS) is 20.3. The summed E-state index contributed by atoms with van der Waals surface area (Å²) in [5, 5.41) is 0. The first-order chi connectivity index (χ1) is 15.0. The third kappa shape index (κ3) is 4.49. The number of benzene rings is 2. The van der Waals surface area contributed by atoms with Crippen molar-refractivity contribution in [3.05, 3.63) is 52.6 Å². The first kappa shape index (κ1) is 21.5. The average Bonchev–Trinajstić information content (AvgIpc) is 3.30. The molecule has 0 saturated carbocycles. The molecule has 0 aromatic heterocycles. The number of carbonyl (C=O) groups excluding carboxylic acids is 1. The fourth-order valence-electron chi connectivity index (χ4n) is 4.62. The molecule has 0 spiro atoms. The summed E-state index contributed by atoms with van der Waals surface area (Å²) >= 11 is 0. The second kappa shape index (κ2) is 9.18. The van der Waals surface area contributed by atoms with Crippen LogP contribution < -0.4 is 14.2 Å². The number of methoxy groups -OCH3 is 2. The van der Waals surface area contributed by atoms with Gasteiger partial charge in [0.05, 0.1) is 20.3 Å². The Morgan fingerprint density at radius 3 is 2.42 bits per heavy atom. The number of amides is 1. The van der Waals surface area contributed by atoms with Crippen LogP contribution in [0.2, 0.25) is 0 Å². The summed E-state index contributed by atoms with van der Waals surface area (Å²) < 4.78 is 23.0. The summed E-state index contributed by atoms with van der Waals surface area (Å²) in [6.07, 6.45) is 2.10. The Labute approximate surface area is 184 Å². The van der Waals surface area contributed by atoms with Gasteiger partial charge in [0.15, 0.2) is 11.5 Å². The molecule has 4 rings (SSSR count). The molecule has 6 nitrogen and oxygen atoms in total. The Morgan fingerprint density at radius 1 is 1.06 bits per heavy atom. The van der Waals surface area contributed by atoms with E-state index in [-0.39, 0.29) is 18.1 Å². The van der Waals surface area contributed by atoms with E-state index in [0.29, 0.717) is 31.3 Å². The van der Waals surface area contributed by atoms with Crippen LogP contribution in [0.25, 0.3) is 0 Å². The fourth-order valence-corrected chi connectivity index (χ4v) is 4.62. The quantitative estimate of drug-likeness (QED) is 0.700. The summed E-state index contributed by atoms with van der Waals surface area (Å²) in [4.78, 5) is 15.2. The van der Waals surface area contributed by atoms with E-state index >= 15 is 0 Å². The van der Waals surface area contributed by atoms with Crippen molar-refractivity contribution in [2.24, 2.45) is 0 Å². The monoisotopic (exact) mass is 425 g/mol. The number of ether oxygens (including phenoxy) is 4. The largest absolute Gasteiger partial charge is 0.493 e. The zero-order chi connectivity index (χ0) is 22.0. The fraction of sp³-hybridized carbons (Fsp3) is 0.480. The van der Waals surface area contributed by atoms with E-state index in [0.717, 1.165) is 47.3 Å². The molecule has 0 bridgehead atoms. The molecule has 2 aromatic carbocycles. The lowest BCUT2D eigenvalue weighted by Crippen LogP contribution is -2.46. The smallest absolute Gasteiger partial charge is 0.252 e. The van der Waals surface area contributed by atoms with Crippen LogP contribution in [0.3, 0.4) is 0 Å². The number of hydrogen-bond acceptors (Lipinski definition) is 5. The number of aryl methyl sites for hydroxylation is 2.